The molecule has 1 aromatic rings. The topological polar surface area (TPSA) is 56.5 Å². The number of benzene rings is 1. The molecule has 102 valence electrons. The van der Waals surface area contributed by atoms with Gasteiger partial charge in [0.15, 0.2) is 0 Å². The molecule has 2 atom stereocenters. The highest BCUT2D eigenvalue weighted by Crippen LogP contribution is 2.24. The molecule has 2 unspecified atom stereocenters. The predicted molar refractivity (Wildman–Crippen MR) is 73.4 cm³/mol. The summed E-state index contributed by atoms with van der Waals surface area (Å²) in [6.07, 6.45) is 2.09. The van der Waals surface area contributed by atoms with E-state index in [0.29, 0.717) is 6.61 Å². The zero-order valence-corrected chi connectivity index (χ0v) is 11.5. The van der Waals surface area contributed by atoms with Gasteiger partial charge in [0.2, 0.25) is 0 Å². The molecule has 0 saturated heterocycles. The summed E-state index contributed by atoms with van der Waals surface area (Å²) in [6, 6.07) is 7.95. The Kier molecular flexibility index (Phi) is 6.72. The maximum Gasteiger partial charge on any atom is 0.119 e. The minimum Gasteiger partial charge on any atom is -0.494 e. The lowest BCUT2D eigenvalue weighted by molar-refractivity contribution is 0.0605. The third kappa shape index (κ3) is 3.98. The summed E-state index contributed by atoms with van der Waals surface area (Å²) >= 11 is 0. The van der Waals surface area contributed by atoms with Crippen LogP contribution in [0, 0.1) is 0 Å². The van der Waals surface area contributed by atoms with Crippen LogP contribution >= 0.6 is 0 Å². The molecule has 0 aromatic heterocycles. The second-order valence-electron chi connectivity index (χ2n) is 4.21. The predicted octanol–water partition coefficient (Wildman–Crippen LogP) is 2.40. The lowest BCUT2D eigenvalue weighted by atomic mass is 9.98. The Balaban J connectivity index is 2.89. The fourth-order valence-electron chi connectivity index (χ4n) is 2.09. The van der Waals surface area contributed by atoms with E-state index in [2.05, 4.69) is 12.3 Å². The molecule has 1 aromatic carbocycles. The van der Waals surface area contributed by atoms with Gasteiger partial charge in [0, 0.05) is 7.11 Å². The first-order valence-electron chi connectivity index (χ1n) is 6.48. The quantitative estimate of drug-likeness (QED) is 0.551. The highest BCUT2D eigenvalue weighted by molar-refractivity contribution is 5.31. The fraction of sp³-hybridized carbons (Fsp3) is 0.571. The molecule has 3 N–H and O–H groups in total. The summed E-state index contributed by atoms with van der Waals surface area (Å²) in [5.41, 5.74) is 3.93. The van der Waals surface area contributed by atoms with Gasteiger partial charge in [-0.2, -0.15) is 0 Å². The van der Waals surface area contributed by atoms with E-state index in [0.717, 1.165) is 24.2 Å². The number of ether oxygens (including phenoxy) is 2. The number of hydrogen-bond donors (Lipinski definition) is 2. The second-order valence-corrected chi connectivity index (χ2v) is 4.21. The first kappa shape index (κ1) is 15.0. The molecule has 0 aliphatic carbocycles. The van der Waals surface area contributed by atoms with E-state index >= 15 is 0 Å². The van der Waals surface area contributed by atoms with Crippen LogP contribution in [-0.2, 0) is 4.74 Å². The van der Waals surface area contributed by atoms with Gasteiger partial charge in [-0.25, -0.2) is 0 Å². The molecule has 0 aliphatic rings. The van der Waals surface area contributed by atoms with E-state index in [1.165, 1.54) is 0 Å². The van der Waals surface area contributed by atoms with Gasteiger partial charge < -0.3 is 9.47 Å². The average molecular weight is 252 g/mol. The molecular weight excluding hydrogens is 228 g/mol. The van der Waals surface area contributed by atoms with E-state index in [9.17, 15) is 0 Å². The zero-order chi connectivity index (χ0) is 13.4. The van der Waals surface area contributed by atoms with Gasteiger partial charge in [-0.3, -0.25) is 11.3 Å². The van der Waals surface area contributed by atoms with Crippen molar-refractivity contribution in [2.75, 3.05) is 13.7 Å². The van der Waals surface area contributed by atoms with Crippen LogP contribution in [0.4, 0.5) is 0 Å². The van der Waals surface area contributed by atoms with Crippen molar-refractivity contribution >= 4 is 0 Å². The van der Waals surface area contributed by atoms with Crippen LogP contribution in [0.25, 0.3) is 0 Å². The Morgan fingerprint density at radius 3 is 2.67 bits per heavy atom. The maximum absolute atomic E-state index is 5.66. The Bertz CT molecular complexity index is 344. The summed E-state index contributed by atoms with van der Waals surface area (Å²) in [7, 11) is 1.72. The summed E-state index contributed by atoms with van der Waals surface area (Å²) in [6.45, 7) is 4.77. The van der Waals surface area contributed by atoms with Crippen molar-refractivity contribution in [3.8, 4) is 5.75 Å². The van der Waals surface area contributed by atoms with Crippen LogP contribution < -0.4 is 16.0 Å². The van der Waals surface area contributed by atoms with Crippen LogP contribution in [0.3, 0.4) is 0 Å². The van der Waals surface area contributed by atoms with Gasteiger partial charge in [0.05, 0.1) is 18.8 Å². The highest BCUT2D eigenvalue weighted by Gasteiger charge is 2.21. The molecule has 0 aliphatic heterocycles. The van der Waals surface area contributed by atoms with Crippen molar-refractivity contribution in [3.63, 3.8) is 0 Å². The van der Waals surface area contributed by atoms with E-state index in [1.807, 2.05) is 31.2 Å². The number of hydrazine groups is 1. The van der Waals surface area contributed by atoms with E-state index in [-0.39, 0.29) is 12.1 Å². The molecule has 0 fully saturated rings. The summed E-state index contributed by atoms with van der Waals surface area (Å²) in [5, 5.41) is 0. The van der Waals surface area contributed by atoms with E-state index < -0.39 is 0 Å². The number of nitrogens with two attached hydrogens (primary N) is 1. The Labute approximate surface area is 109 Å². The fourth-order valence-corrected chi connectivity index (χ4v) is 2.09. The van der Waals surface area contributed by atoms with Crippen molar-refractivity contribution in [2.24, 2.45) is 5.84 Å². The highest BCUT2D eigenvalue weighted by atomic mass is 16.5. The zero-order valence-electron chi connectivity index (χ0n) is 11.5. The van der Waals surface area contributed by atoms with Crippen LogP contribution in [0.2, 0.25) is 0 Å². The average Bonchev–Trinajstić information content (AvgIpc) is 2.39. The van der Waals surface area contributed by atoms with Gasteiger partial charge in [0.25, 0.3) is 0 Å². The molecule has 0 amide bonds. The molecule has 0 saturated carbocycles. The number of nitrogens with one attached hydrogen (secondary N) is 1. The van der Waals surface area contributed by atoms with Crippen molar-refractivity contribution in [1.29, 1.82) is 0 Å². The van der Waals surface area contributed by atoms with E-state index in [1.54, 1.807) is 7.11 Å². The smallest absolute Gasteiger partial charge is 0.119 e. The van der Waals surface area contributed by atoms with Crippen molar-refractivity contribution in [2.45, 2.75) is 38.8 Å². The Morgan fingerprint density at radius 1 is 1.33 bits per heavy atom. The lowest BCUT2D eigenvalue weighted by Gasteiger charge is -2.25. The molecule has 0 heterocycles. The van der Waals surface area contributed by atoms with Gasteiger partial charge in [-0.15, -0.1) is 0 Å². The number of rotatable bonds is 8. The molecule has 4 nitrogen and oxygen atoms in total. The Hall–Kier alpha value is -1.10. The first-order chi connectivity index (χ1) is 8.76. The summed E-state index contributed by atoms with van der Waals surface area (Å²) in [5.74, 6) is 6.53. The molecule has 0 bridgehead atoms. The summed E-state index contributed by atoms with van der Waals surface area (Å²) < 4.78 is 11.0. The van der Waals surface area contributed by atoms with E-state index in [4.69, 9.17) is 15.3 Å². The lowest BCUT2D eigenvalue weighted by Crippen LogP contribution is -2.37. The monoisotopic (exact) mass is 252 g/mol. The van der Waals surface area contributed by atoms with Crippen molar-refractivity contribution in [1.82, 2.24) is 5.43 Å². The van der Waals surface area contributed by atoms with Crippen LogP contribution in [0.15, 0.2) is 24.3 Å². The van der Waals surface area contributed by atoms with Gasteiger partial charge in [-0.05, 0) is 31.0 Å². The summed E-state index contributed by atoms with van der Waals surface area (Å²) in [4.78, 5) is 0. The molecular formula is C14H24N2O2. The maximum atomic E-state index is 5.66. The number of methoxy groups -OCH3 is 1. The number of hydrogen-bond acceptors (Lipinski definition) is 4. The van der Waals surface area contributed by atoms with Gasteiger partial charge in [0.1, 0.15) is 5.75 Å². The minimum atomic E-state index is -0.0182. The molecule has 0 spiro atoms. The van der Waals surface area contributed by atoms with Gasteiger partial charge >= 0.3 is 0 Å². The van der Waals surface area contributed by atoms with Crippen LogP contribution in [0.1, 0.15) is 38.3 Å². The van der Waals surface area contributed by atoms with Crippen LogP contribution in [0.5, 0.6) is 5.75 Å². The second kappa shape index (κ2) is 8.08. The molecule has 4 heteroatoms. The third-order valence-electron chi connectivity index (χ3n) is 2.96. The van der Waals surface area contributed by atoms with Crippen LogP contribution in [-0.4, -0.2) is 19.8 Å². The SMILES string of the molecule is CCCC(OC)C(NN)c1cccc(OCC)c1. The standard InChI is InChI=1S/C14H24N2O2/c1-4-7-13(17-3)14(16-15)11-8-6-9-12(10-11)18-5-2/h6,8-10,13-14,16H,4-5,7,15H2,1-3H3. The molecule has 1 rings (SSSR count). The van der Waals surface area contributed by atoms with Crippen molar-refractivity contribution in [3.05, 3.63) is 29.8 Å². The largest absolute Gasteiger partial charge is 0.494 e. The minimum absolute atomic E-state index is 0.0182. The van der Waals surface area contributed by atoms with Gasteiger partial charge in [-0.1, -0.05) is 25.5 Å². The Morgan fingerprint density at radius 2 is 2.11 bits per heavy atom. The van der Waals surface area contributed by atoms with Crippen molar-refractivity contribution < 1.29 is 9.47 Å². The third-order valence-corrected chi connectivity index (χ3v) is 2.96. The first-order valence-corrected chi connectivity index (χ1v) is 6.48. The molecule has 0 radical (unpaired) electrons. The molecule has 18 heavy (non-hydrogen) atoms. The normalized spacial score (nSPS) is 14.2.